The first kappa shape index (κ1) is 10.7. The minimum atomic E-state index is -0.790. The number of thiazole rings is 1. The van der Waals surface area contributed by atoms with E-state index in [1.165, 1.54) is 17.4 Å². The predicted molar refractivity (Wildman–Crippen MR) is 60.3 cm³/mol. The summed E-state index contributed by atoms with van der Waals surface area (Å²) in [4.78, 5) is 4.00. The quantitative estimate of drug-likeness (QED) is 0.921. The highest BCUT2D eigenvalue weighted by Gasteiger charge is 2.14. The van der Waals surface area contributed by atoms with Crippen LogP contribution in [0.3, 0.4) is 0 Å². The van der Waals surface area contributed by atoms with Crippen LogP contribution in [-0.2, 0) is 0 Å². The maximum atomic E-state index is 13.0. The van der Waals surface area contributed by atoms with Gasteiger partial charge in [0.15, 0.2) is 0 Å². The lowest BCUT2D eigenvalue weighted by Crippen LogP contribution is -1.99. The molecule has 1 aromatic carbocycles. The molecule has 0 aliphatic heterocycles. The number of aromatic nitrogens is 1. The van der Waals surface area contributed by atoms with Crippen LogP contribution in [-0.4, -0.2) is 10.1 Å². The fourth-order valence-electron chi connectivity index (χ4n) is 1.19. The molecule has 1 N–H and O–H groups in total. The number of nitrogens with zero attached hydrogens (tertiary/aromatic N) is 1. The second kappa shape index (κ2) is 4.38. The third kappa shape index (κ3) is 2.25. The van der Waals surface area contributed by atoms with E-state index >= 15 is 0 Å². The van der Waals surface area contributed by atoms with Gasteiger partial charge in [0.25, 0.3) is 0 Å². The van der Waals surface area contributed by atoms with Gasteiger partial charge in [0.2, 0.25) is 0 Å². The second-order valence-corrected chi connectivity index (χ2v) is 4.73. The van der Waals surface area contributed by atoms with Gasteiger partial charge in [-0.3, -0.25) is 0 Å². The highest BCUT2D eigenvalue weighted by molar-refractivity contribution is 9.10. The van der Waals surface area contributed by atoms with Gasteiger partial charge in [-0.15, -0.1) is 11.3 Å². The average molecular weight is 288 g/mol. The molecule has 5 heteroatoms. The predicted octanol–water partition coefficient (Wildman–Crippen LogP) is 3.13. The van der Waals surface area contributed by atoms with Gasteiger partial charge >= 0.3 is 0 Å². The van der Waals surface area contributed by atoms with Gasteiger partial charge in [-0.25, -0.2) is 9.37 Å². The molecule has 0 bridgehead atoms. The molecule has 2 rings (SSSR count). The molecule has 0 radical (unpaired) electrons. The first-order valence-electron chi connectivity index (χ1n) is 4.21. The van der Waals surface area contributed by atoms with Crippen LogP contribution in [0, 0.1) is 5.82 Å². The summed E-state index contributed by atoms with van der Waals surface area (Å²) >= 11 is 4.44. The highest BCUT2D eigenvalue weighted by Crippen LogP contribution is 2.26. The Morgan fingerprint density at radius 3 is 2.87 bits per heavy atom. The van der Waals surface area contributed by atoms with Gasteiger partial charge in [0, 0.05) is 11.6 Å². The Hall–Kier alpha value is -0.780. The molecule has 0 aliphatic rings. The molecule has 2 nitrogen and oxygen atoms in total. The third-order valence-electron chi connectivity index (χ3n) is 1.94. The van der Waals surface area contributed by atoms with E-state index in [1.54, 1.807) is 23.7 Å². The molecule has 0 saturated heterocycles. The van der Waals surface area contributed by atoms with Crippen molar-refractivity contribution < 1.29 is 9.50 Å². The lowest BCUT2D eigenvalue weighted by Gasteiger charge is -2.08. The van der Waals surface area contributed by atoms with E-state index < -0.39 is 6.10 Å². The minimum Gasteiger partial charge on any atom is -0.381 e. The van der Waals surface area contributed by atoms with Crippen molar-refractivity contribution in [3.8, 4) is 0 Å². The fourth-order valence-corrected chi connectivity index (χ4v) is 2.24. The van der Waals surface area contributed by atoms with Crippen molar-refractivity contribution in [1.29, 1.82) is 0 Å². The normalized spacial score (nSPS) is 12.7. The average Bonchev–Trinajstić information content (AvgIpc) is 2.74. The Morgan fingerprint density at radius 1 is 1.47 bits per heavy atom. The number of aliphatic hydroxyl groups excluding tert-OH is 1. The molecule has 0 fully saturated rings. The summed E-state index contributed by atoms with van der Waals surface area (Å²) < 4.78 is 13.3. The number of halogens is 2. The topological polar surface area (TPSA) is 33.1 Å². The fraction of sp³-hybridized carbons (Fsp3) is 0.100. The summed E-state index contributed by atoms with van der Waals surface area (Å²) in [6.07, 6.45) is 0.837. The molecule has 78 valence electrons. The molecule has 0 unspecified atom stereocenters. The third-order valence-corrected chi connectivity index (χ3v) is 3.38. The van der Waals surface area contributed by atoms with E-state index in [1.807, 2.05) is 0 Å². The SMILES string of the molecule is O[C@@H](c1ccc(F)c(Br)c1)c1nccs1. The van der Waals surface area contributed by atoms with Crippen molar-refractivity contribution in [1.82, 2.24) is 4.98 Å². The molecule has 0 spiro atoms. The maximum Gasteiger partial charge on any atom is 0.137 e. The number of rotatable bonds is 2. The smallest absolute Gasteiger partial charge is 0.137 e. The minimum absolute atomic E-state index is 0.343. The monoisotopic (exact) mass is 287 g/mol. The number of hydrogen-bond acceptors (Lipinski definition) is 3. The van der Waals surface area contributed by atoms with Crippen LogP contribution < -0.4 is 0 Å². The summed E-state index contributed by atoms with van der Waals surface area (Å²) in [6, 6.07) is 4.42. The van der Waals surface area contributed by atoms with Gasteiger partial charge in [0.05, 0.1) is 4.47 Å². The molecule has 0 amide bonds. The molecule has 1 heterocycles. The van der Waals surface area contributed by atoms with Crippen LogP contribution in [0.25, 0.3) is 0 Å². The van der Waals surface area contributed by atoms with Gasteiger partial charge in [-0.1, -0.05) is 6.07 Å². The molecule has 0 saturated carbocycles. The van der Waals surface area contributed by atoms with Gasteiger partial charge < -0.3 is 5.11 Å². The molecular weight excluding hydrogens is 281 g/mol. The zero-order chi connectivity index (χ0) is 10.8. The van der Waals surface area contributed by atoms with Crippen molar-refractivity contribution >= 4 is 27.3 Å². The molecule has 0 aliphatic carbocycles. The van der Waals surface area contributed by atoms with Crippen molar-refractivity contribution in [2.24, 2.45) is 0 Å². The summed E-state index contributed by atoms with van der Waals surface area (Å²) in [5.41, 5.74) is 0.623. The molecule has 15 heavy (non-hydrogen) atoms. The van der Waals surface area contributed by atoms with E-state index in [0.717, 1.165) is 0 Å². The van der Waals surface area contributed by atoms with Gasteiger partial charge in [-0.05, 0) is 33.6 Å². The van der Waals surface area contributed by atoms with Crippen molar-refractivity contribution in [3.05, 3.63) is 50.6 Å². The Morgan fingerprint density at radius 2 is 2.27 bits per heavy atom. The number of hydrogen-bond donors (Lipinski definition) is 1. The second-order valence-electron chi connectivity index (χ2n) is 2.95. The zero-order valence-electron chi connectivity index (χ0n) is 7.52. The summed E-state index contributed by atoms with van der Waals surface area (Å²) in [6.45, 7) is 0. The van der Waals surface area contributed by atoms with Crippen LogP contribution in [0.4, 0.5) is 4.39 Å². The number of aliphatic hydroxyl groups is 1. The largest absolute Gasteiger partial charge is 0.381 e. The first-order chi connectivity index (χ1) is 7.18. The summed E-state index contributed by atoms with van der Waals surface area (Å²) in [7, 11) is 0. The maximum absolute atomic E-state index is 13.0. The lowest BCUT2D eigenvalue weighted by molar-refractivity contribution is 0.219. The van der Waals surface area contributed by atoms with Gasteiger partial charge in [0.1, 0.15) is 16.9 Å². The first-order valence-corrected chi connectivity index (χ1v) is 5.88. The highest BCUT2D eigenvalue weighted by atomic mass is 79.9. The van der Waals surface area contributed by atoms with Crippen LogP contribution in [0.5, 0.6) is 0 Å². The molecule has 1 atom stereocenters. The number of benzene rings is 1. The van der Waals surface area contributed by atoms with E-state index in [9.17, 15) is 9.50 Å². The van der Waals surface area contributed by atoms with E-state index in [2.05, 4.69) is 20.9 Å². The van der Waals surface area contributed by atoms with E-state index in [-0.39, 0.29) is 5.82 Å². The van der Waals surface area contributed by atoms with Crippen LogP contribution in [0.1, 0.15) is 16.7 Å². The Kier molecular flexibility index (Phi) is 3.14. The molecule has 1 aromatic heterocycles. The lowest BCUT2D eigenvalue weighted by atomic mass is 10.1. The van der Waals surface area contributed by atoms with Crippen molar-refractivity contribution in [2.45, 2.75) is 6.10 Å². The van der Waals surface area contributed by atoms with E-state index in [0.29, 0.717) is 15.0 Å². The Labute approximate surface area is 98.5 Å². The summed E-state index contributed by atoms with van der Waals surface area (Å²) in [5.74, 6) is -0.343. The van der Waals surface area contributed by atoms with E-state index in [4.69, 9.17) is 0 Å². The molecule has 2 aromatic rings. The zero-order valence-corrected chi connectivity index (χ0v) is 9.93. The Balaban J connectivity index is 2.34. The van der Waals surface area contributed by atoms with Crippen molar-refractivity contribution in [2.75, 3.05) is 0 Å². The summed E-state index contributed by atoms with van der Waals surface area (Å²) in [5, 5.41) is 12.3. The molecular formula is C10H7BrFNOS. The van der Waals surface area contributed by atoms with Gasteiger partial charge in [-0.2, -0.15) is 0 Å². The van der Waals surface area contributed by atoms with Crippen LogP contribution in [0.15, 0.2) is 34.2 Å². The standard InChI is InChI=1S/C10H7BrFNOS/c11-7-5-6(1-2-8(7)12)9(14)10-13-3-4-15-10/h1-5,9,14H/t9-/m0/s1. The Bertz CT molecular complexity index is 460. The van der Waals surface area contributed by atoms with Crippen LogP contribution in [0.2, 0.25) is 0 Å². The van der Waals surface area contributed by atoms with Crippen molar-refractivity contribution in [3.63, 3.8) is 0 Å². The van der Waals surface area contributed by atoms with Crippen LogP contribution >= 0.6 is 27.3 Å².